The average Bonchev–Trinajstić information content (AvgIpc) is 2.76. The molecule has 2 aromatic carbocycles. The largest absolute Gasteiger partial charge is 0.504 e. The maximum atomic E-state index is 9.88. The van der Waals surface area contributed by atoms with Crippen molar-refractivity contribution in [3.63, 3.8) is 0 Å². The van der Waals surface area contributed by atoms with E-state index in [4.69, 9.17) is 16.3 Å². The first-order valence-electron chi connectivity index (χ1n) is 6.09. The van der Waals surface area contributed by atoms with Gasteiger partial charge in [0.25, 0.3) is 0 Å². The second kappa shape index (κ2) is 4.72. The van der Waals surface area contributed by atoms with Gasteiger partial charge >= 0.3 is 0 Å². The van der Waals surface area contributed by atoms with Crippen molar-refractivity contribution in [3.05, 3.63) is 41.4 Å². The lowest BCUT2D eigenvalue weighted by Gasteiger charge is -2.06. The van der Waals surface area contributed by atoms with E-state index < -0.39 is 0 Å². The van der Waals surface area contributed by atoms with Crippen molar-refractivity contribution >= 4 is 22.6 Å². The highest BCUT2D eigenvalue weighted by molar-refractivity contribution is 6.31. The van der Waals surface area contributed by atoms with Gasteiger partial charge in [0.05, 0.1) is 18.1 Å². The second-order valence-electron chi connectivity index (χ2n) is 4.51. The Balaban J connectivity index is 2.19. The van der Waals surface area contributed by atoms with Gasteiger partial charge in [-0.3, -0.25) is 0 Å². The lowest BCUT2D eigenvalue weighted by atomic mass is 10.2. The summed E-state index contributed by atoms with van der Waals surface area (Å²) < 4.78 is 6.99. The van der Waals surface area contributed by atoms with Gasteiger partial charge in [0.1, 0.15) is 5.82 Å². The number of phenols is 1. The molecular formula is C15H13ClN2O2. The molecule has 0 radical (unpaired) electrons. The first-order chi connectivity index (χ1) is 9.60. The molecule has 4 nitrogen and oxygen atoms in total. The van der Waals surface area contributed by atoms with Gasteiger partial charge < -0.3 is 14.4 Å². The Morgan fingerprint density at radius 3 is 2.70 bits per heavy atom. The summed E-state index contributed by atoms with van der Waals surface area (Å²) in [5, 5.41) is 10.6. The van der Waals surface area contributed by atoms with Gasteiger partial charge in [-0.1, -0.05) is 11.6 Å². The number of nitrogens with zero attached hydrogens (tertiary/aromatic N) is 2. The zero-order valence-electron chi connectivity index (χ0n) is 11.1. The molecule has 1 heterocycles. The molecule has 0 aliphatic rings. The van der Waals surface area contributed by atoms with Crippen LogP contribution in [0.3, 0.4) is 0 Å². The molecule has 0 fully saturated rings. The molecule has 0 unspecified atom stereocenters. The monoisotopic (exact) mass is 288 g/mol. The van der Waals surface area contributed by atoms with Gasteiger partial charge in [-0.15, -0.1) is 0 Å². The molecule has 3 rings (SSSR count). The third-order valence-corrected chi connectivity index (χ3v) is 3.52. The number of benzene rings is 2. The third kappa shape index (κ3) is 1.98. The Bertz CT molecular complexity index is 796. The van der Waals surface area contributed by atoms with Crippen molar-refractivity contribution < 1.29 is 9.84 Å². The minimum atomic E-state index is 0.0927. The van der Waals surface area contributed by atoms with Crippen LogP contribution >= 0.6 is 11.6 Å². The molecular weight excluding hydrogens is 276 g/mol. The van der Waals surface area contributed by atoms with Gasteiger partial charge in [0, 0.05) is 17.6 Å². The summed E-state index contributed by atoms with van der Waals surface area (Å²) >= 11 is 6.01. The van der Waals surface area contributed by atoms with E-state index in [2.05, 4.69) is 4.98 Å². The number of rotatable bonds is 2. The Kier molecular flexibility index (Phi) is 3.03. The summed E-state index contributed by atoms with van der Waals surface area (Å²) in [6.07, 6.45) is 0. The predicted octanol–water partition coefficient (Wildman–Crippen LogP) is 3.61. The lowest BCUT2D eigenvalue weighted by molar-refractivity contribution is 0.373. The maximum absolute atomic E-state index is 9.88. The zero-order valence-corrected chi connectivity index (χ0v) is 11.8. The number of aromatic nitrogens is 2. The lowest BCUT2D eigenvalue weighted by Crippen LogP contribution is -1.93. The molecule has 0 bridgehead atoms. The number of imidazole rings is 1. The van der Waals surface area contributed by atoms with Gasteiger partial charge in [0.15, 0.2) is 11.5 Å². The number of methoxy groups -OCH3 is 1. The summed E-state index contributed by atoms with van der Waals surface area (Å²) in [4.78, 5) is 4.57. The number of phenolic OH excluding ortho intramolecular Hbond substituents is 1. The molecule has 0 spiro atoms. The van der Waals surface area contributed by atoms with Crippen LogP contribution in [0.15, 0.2) is 36.4 Å². The van der Waals surface area contributed by atoms with E-state index in [9.17, 15) is 5.11 Å². The van der Waals surface area contributed by atoms with Gasteiger partial charge in [-0.25, -0.2) is 4.98 Å². The van der Waals surface area contributed by atoms with Crippen molar-refractivity contribution in [2.24, 2.45) is 7.05 Å². The minimum Gasteiger partial charge on any atom is -0.504 e. The van der Waals surface area contributed by atoms with Crippen LogP contribution in [0.2, 0.25) is 5.02 Å². The van der Waals surface area contributed by atoms with E-state index in [0.29, 0.717) is 10.8 Å². The second-order valence-corrected chi connectivity index (χ2v) is 4.95. The van der Waals surface area contributed by atoms with Crippen LogP contribution in [-0.2, 0) is 7.05 Å². The third-order valence-electron chi connectivity index (χ3n) is 3.28. The number of ether oxygens (including phenoxy) is 1. The molecule has 0 atom stereocenters. The Hall–Kier alpha value is -2.20. The van der Waals surface area contributed by atoms with Crippen molar-refractivity contribution in [1.29, 1.82) is 0 Å². The van der Waals surface area contributed by atoms with Gasteiger partial charge in [-0.2, -0.15) is 0 Å². The number of aryl methyl sites for hydroxylation is 1. The van der Waals surface area contributed by atoms with Gasteiger partial charge in [0.2, 0.25) is 0 Å². The molecule has 1 N–H and O–H groups in total. The normalized spacial score (nSPS) is 10.9. The zero-order chi connectivity index (χ0) is 14.3. The Morgan fingerprint density at radius 2 is 2.00 bits per heavy atom. The molecule has 0 aliphatic heterocycles. The van der Waals surface area contributed by atoms with E-state index in [0.717, 1.165) is 22.4 Å². The number of halogens is 1. The van der Waals surface area contributed by atoms with E-state index in [1.54, 1.807) is 12.1 Å². The molecule has 0 aliphatic carbocycles. The highest BCUT2D eigenvalue weighted by Gasteiger charge is 2.12. The van der Waals surface area contributed by atoms with E-state index in [1.165, 1.54) is 7.11 Å². The summed E-state index contributed by atoms with van der Waals surface area (Å²) in [5.74, 6) is 1.30. The van der Waals surface area contributed by atoms with Crippen LogP contribution in [0.4, 0.5) is 0 Å². The van der Waals surface area contributed by atoms with E-state index >= 15 is 0 Å². The standard InChI is InChI=1S/C15H13ClN2O2/c1-18-12-8-10(16)4-5-11(12)17-15(18)9-3-6-14(20-2)13(19)7-9/h3-8,19H,1-2H3. The molecule has 5 heteroatoms. The summed E-state index contributed by atoms with van der Waals surface area (Å²) in [7, 11) is 3.44. The predicted molar refractivity (Wildman–Crippen MR) is 79.4 cm³/mol. The first-order valence-corrected chi connectivity index (χ1v) is 6.47. The molecule has 0 saturated carbocycles. The fourth-order valence-electron chi connectivity index (χ4n) is 2.25. The highest BCUT2D eigenvalue weighted by Crippen LogP contribution is 2.32. The van der Waals surface area contributed by atoms with Crippen molar-refractivity contribution in [2.75, 3.05) is 7.11 Å². The van der Waals surface area contributed by atoms with Gasteiger partial charge in [-0.05, 0) is 36.4 Å². The topological polar surface area (TPSA) is 47.3 Å². The molecule has 0 amide bonds. The first kappa shape index (κ1) is 12.8. The summed E-state index contributed by atoms with van der Waals surface area (Å²) in [6.45, 7) is 0. The molecule has 0 saturated heterocycles. The quantitative estimate of drug-likeness (QED) is 0.783. The number of aromatic hydroxyl groups is 1. The van der Waals surface area contributed by atoms with Crippen molar-refractivity contribution in [1.82, 2.24) is 9.55 Å². The number of hydrogen-bond donors (Lipinski definition) is 1. The smallest absolute Gasteiger partial charge is 0.160 e. The molecule has 1 aromatic heterocycles. The number of hydrogen-bond acceptors (Lipinski definition) is 3. The van der Waals surface area contributed by atoms with Crippen LogP contribution in [-0.4, -0.2) is 21.8 Å². The van der Waals surface area contributed by atoms with Crippen LogP contribution in [0, 0.1) is 0 Å². The van der Waals surface area contributed by atoms with Crippen molar-refractivity contribution in [3.8, 4) is 22.9 Å². The molecule has 3 aromatic rings. The van der Waals surface area contributed by atoms with Crippen LogP contribution in [0.25, 0.3) is 22.4 Å². The maximum Gasteiger partial charge on any atom is 0.160 e. The molecule has 20 heavy (non-hydrogen) atoms. The fraction of sp³-hybridized carbons (Fsp3) is 0.133. The highest BCUT2D eigenvalue weighted by atomic mass is 35.5. The summed E-state index contributed by atoms with van der Waals surface area (Å²) in [6, 6.07) is 10.8. The van der Waals surface area contributed by atoms with Crippen molar-refractivity contribution in [2.45, 2.75) is 0 Å². The molecule has 102 valence electrons. The number of fused-ring (bicyclic) bond motifs is 1. The summed E-state index contributed by atoms with van der Waals surface area (Å²) in [5.41, 5.74) is 2.63. The van der Waals surface area contributed by atoms with Crippen LogP contribution < -0.4 is 4.74 Å². The van der Waals surface area contributed by atoms with E-state index in [-0.39, 0.29) is 5.75 Å². The van der Waals surface area contributed by atoms with Crippen LogP contribution in [0.5, 0.6) is 11.5 Å². The minimum absolute atomic E-state index is 0.0927. The average molecular weight is 289 g/mol. The van der Waals surface area contributed by atoms with Crippen LogP contribution in [0.1, 0.15) is 0 Å². The Labute approximate surface area is 121 Å². The fourth-order valence-corrected chi connectivity index (χ4v) is 2.42. The SMILES string of the molecule is COc1ccc(-c2nc3ccc(Cl)cc3n2C)cc1O. The Morgan fingerprint density at radius 1 is 1.20 bits per heavy atom. The van der Waals surface area contributed by atoms with E-state index in [1.807, 2.05) is 35.9 Å².